The second-order valence-corrected chi connectivity index (χ2v) is 11.2. The lowest BCUT2D eigenvalue weighted by molar-refractivity contribution is -0.142. The summed E-state index contributed by atoms with van der Waals surface area (Å²) in [6.45, 7) is 2.43. The number of aromatic nitrogens is 3. The van der Waals surface area contributed by atoms with Crippen molar-refractivity contribution in [1.29, 1.82) is 4.78 Å². The highest BCUT2D eigenvalue weighted by molar-refractivity contribution is 7.91. The number of nitrogens with one attached hydrogen (secondary N) is 2. The Bertz CT molecular complexity index is 1540. The number of carbonyl (C=O) groups is 1. The number of halogens is 5. The van der Waals surface area contributed by atoms with Gasteiger partial charge in [-0.05, 0) is 62.9 Å². The van der Waals surface area contributed by atoms with Crippen LogP contribution in [0.15, 0.2) is 35.2 Å². The van der Waals surface area contributed by atoms with Gasteiger partial charge in [0.15, 0.2) is 5.69 Å². The molecule has 4 rings (SSSR count). The van der Waals surface area contributed by atoms with Gasteiger partial charge in [0.25, 0.3) is 11.8 Å². The zero-order chi connectivity index (χ0) is 28.0. The summed E-state index contributed by atoms with van der Waals surface area (Å²) in [5, 5.41) is 8.95. The maximum Gasteiger partial charge on any atom is 0.435 e. The Hall–Kier alpha value is -3.68. The summed E-state index contributed by atoms with van der Waals surface area (Å²) in [6.07, 6.45) is -2.93. The highest BCUT2D eigenvalue weighted by Crippen LogP contribution is 2.46. The molecule has 14 heteroatoms. The van der Waals surface area contributed by atoms with Crippen molar-refractivity contribution in [1.82, 2.24) is 15.2 Å². The van der Waals surface area contributed by atoms with Crippen LogP contribution in [-0.4, -0.2) is 31.6 Å². The van der Waals surface area contributed by atoms with E-state index in [0.29, 0.717) is 6.42 Å². The van der Waals surface area contributed by atoms with Crippen LogP contribution in [0.1, 0.15) is 52.0 Å². The molecule has 1 aliphatic carbocycles. The number of nitrogens with zero attached hydrogens (tertiary/aromatic N) is 3. The Morgan fingerprint density at radius 3 is 2.42 bits per heavy atom. The fourth-order valence-corrected chi connectivity index (χ4v) is 4.65. The molecule has 1 atom stereocenters. The number of alkyl halides is 4. The van der Waals surface area contributed by atoms with Crippen LogP contribution in [0.25, 0.3) is 0 Å². The average Bonchev–Trinajstić information content (AvgIpc) is 2.78. The lowest BCUT2D eigenvalue weighted by atomic mass is 9.77. The van der Waals surface area contributed by atoms with Crippen LogP contribution in [0, 0.1) is 24.6 Å². The Kier molecular flexibility index (Phi) is 6.89. The fraction of sp³-hybridized carbons (Fsp3) is 0.333. The van der Waals surface area contributed by atoms with Crippen molar-refractivity contribution in [2.24, 2.45) is 0 Å². The van der Waals surface area contributed by atoms with Crippen LogP contribution in [0.3, 0.4) is 0 Å². The van der Waals surface area contributed by atoms with Crippen LogP contribution in [0.2, 0.25) is 0 Å². The molecule has 2 N–H and O–H groups in total. The van der Waals surface area contributed by atoms with Gasteiger partial charge < -0.3 is 10.1 Å². The van der Waals surface area contributed by atoms with Gasteiger partial charge in [-0.2, -0.15) is 22.5 Å². The number of benzene rings is 1. The molecule has 0 aliphatic heterocycles. The Morgan fingerprint density at radius 2 is 1.84 bits per heavy atom. The van der Waals surface area contributed by atoms with E-state index in [4.69, 9.17) is 9.52 Å². The summed E-state index contributed by atoms with van der Waals surface area (Å²) >= 11 is 0. The average molecular weight is 556 g/mol. The molecule has 0 bridgehead atoms. The van der Waals surface area contributed by atoms with E-state index >= 15 is 0 Å². The van der Waals surface area contributed by atoms with E-state index < -0.39 is 62.0 Å². The molecule has 0 saturated heterocycles. The molecular formula is C24H22F5N5O3S. The van der Waals surface area contributed by atoms with Gasteiger partial charge in [-0.15, -0.1) is 10.2 Å². The molecule has 202 valence electrons. The van der Waals surface area contributed by atoms with Crippen molar-refractivity contribution in [3.63, 3.8) is 0 Å². The molecule has 1 aliphatic rings. The minimum Gasteiger partial charge on any atom is -0.418 e. The summed E-state index contributed by atoms with van der Waals surface area (Å²) in [5.41, 5.74) is -4.62. The highest BCUT2D eigenvalue weighted by atomic mass is 32.2. The maximum absolute atomic E-state index is 14.8. The summed E-state index contributed by atoms with van der Waals surface area (Å²) < 4.78 is 95.4. The van der Waals surface area contributed by atoms with Crippen molar-refractivity contribution in [3.8, 4) is 11.8 Å². The largest absolute Gasteiger partial charge is 0.435 e. The quantitative estimate of drug-likeness (QED) is 0.281. The molecular weight excluding hydrogens is 533 g/mol. The number of hydrogen-bond donors (Lipinski definition) is 2. The first-order valence-corrected chi connectivity index (χ1v) is 13.2. The van der Waals surface area contributed by atoms with Crippen molar-refractivity contribution in [2.75, 3.05) is 11.6 Å². The molecule has 2 heterocycles. The first kappa shape index (κ1) is 27.4. The number of hydrogen-bond acceptors (Lipinski definition) is 7. The third-order valence-corrected chi connectivity index (χ3v) is 7.32. The Balaban J connectivity index is 1.76. The molecule has 2 aromatic heterocycles. The zero-order valence-electron chi connectivity index (χ0n) is 20.4. The number of ether oxygens (including phenoxy) is 1. The third-order valence-electron chi connectivity index (χ3n) is 6.16. The second-order valence-electron chi connectivity index (χ2n) is 9.05. The van der Waals surface area contributed by atoms with Gasteiger partial charge in [-0.1, -0.05) is 6.07 Å². The van der Waals surface area contributed by atoms with Gasteiger partial charge in [0.2, 0.25) is 11.8 Å². The molecule has 1 unspecified atom stereocenters. The molecule has 1 saturated carbocycles. The zero-order valence-corrected chi connectivity index (χ0v) is 21.2. The van der Waals surface area contributed by atoms with E-state index in [-0.39, 0.29) is 34.6 Å². The number of pyridine rings is 1. The summed E-state index contributed by atoms with van der Waals surface area (Å²) in [6, 6.07) is 6.65. The lowest BCUT2D eigenvalue weighted by Gasteiger charge is -2.34. The van der Waals surface area contributed by atoms with Gasteiger partial charge in [0.05, 0.1) is 9.73 Å². The van der Waals surface area contributed by atoms with E-state index in [9.17, 15) is 31.0 Å². The minimum absolute atomic E-state index is 0.0449. The molecule has 8 nitrogen and oxygen atoms in total. The summed E-state index contributed by atoms with van der Waals surface area (Å²) in [5.74, 6) is -3.36. The smallest absolute Gasteiger partial charge is 0.418 e. The predicted molar refractivity (Wildman–Crippen MR) is 127 cm³/mol. The Morgan fingerprint density at radius 1 is 1.16 bits per heavy atom. The van der Waals surface area contributed by atoms with Crippen molar-refractivity contribution >= 4 is 21.3 Å². The van der Waals surface area contributed by atoms with Crippen LogP contribution < -0.4 is 10.1 Å². The SMILES string of the molecule is Cc1cc(C2(F)CCC2)c(F)nc1Oc1nnc(C(F)(F)F)c(C)c1C(=O)Nc1cccc(S(C)(=N)=O)c1. The molecule has 38 heavy (non-hydrogen) atoms. The van der Waals surface area contributed by atoms with E-state index in [1.165, 1.54) is 43.5 Å². The molecule has 1 amide bonds. The highest BCUT2D eigenvalue weighted by Gasteiger charge is 2.42. The molecule has 1 fully saturated rings. The van der Waals surface area contributed by atoms with Crippen molar-refractivity contribution in [3.05, 3.63) is 64.2 Å². The first-order chi connectivity index (χ1) is 17.6. The van der Waals surface area contributed by atoms with E-state index in [1.54, 1.807) is 0 Å². The van der Waals surface area contributed by atoms with Crippen molar-refractivity contribution < 1.29 is 35.7 Å². The first-order valence-electron chi connectivity index (χ1n) is 11.2. The van der Waals surface area contributed by atoms with E-state index in [1.807, 2.05) is 0 Å². The van der Waals surface area contributed by atoms with Gasteiger partial charge in [0, 0.05) is 28.0 Å². The third kappa shape index (κ3) is 5.30. The van der Waals surface area contributed by atoms with Crippen LogP contribution in [0.5, 0.6) is 11.8 Å². The number of rotatable bonds is 6. The number of aryl methyl sites for hydroxylation is 1. The van der Waals surface area contributed by atoms with Gasteiger partial charge in [-0.25, -0.2) is 13.4 Å². The predicted octanol–water partition coefficient (Wildman–Crippen LogP) is 6.08. The molecule has 0 radical (unpaired) electrons. The maximum atomic E-state index is 14.8. The van der Waals surface area contributed by atoms with Gasteiger partial charge in [-0.3, -0.25) is 4.79 Å². The lowest BCUT2D eigenvalue weighted by Crippen LogP contribution is -2.30. The van der Waals surface area contributed by atoms with Crippen LogP contribution in [-0.2, 0) is 21.6 Å². The van der Waals surface area contributed by atoms with Gasteiger partial charge >= 0.3 is 6.18 Å². The van der Waals surface area contributed by atoms with E-state index in [2.05, 4.69) is 20.5 Å². The topological polar surface area (TPSA) is 118 Å². The van der Waals surface area contributed by atoms with Crippen molar-refractivity contribution in [2.45, 2.75) is 49.9 Å². The number of carbonyl (C=O) groups excluding carboxylic acids is 1. The summed E-state index contributed by atoms with van der Waals surface area (Å²) in [4.78, 5) is 16.9. The van der Waals surface area contributed by atoms with Gasteiger partial charge in [0.1, 0.15) is 11.2 Å². The standard InChI is InChI=1S/C24H22F5N5O3S/c1-12-10-16(23(26)8-5-9-23)19(25)32-21(12)37-22-17(13(2)18(33-34-22)24(27,28)29)20(35)31-14-6-4-7-15(11-14)38(3,30)36/h4,6-7,10-11,30H,5,8-9H2,1-3H3,(H,31,35). The number of anilines is 1. The second kappa shape index (κ2) is 9.57. The Labute approximate surface area is 214 Å². The molecule has 0 spiro atoms. The molecule has 1 aromatic carbocycles. The minimum atomic E-state index is -4.95. The fourth-order valence-electron chi connectivity index (χ4n) is 3.96. The van der Waals surface area contributed by atoms with Crippen LogP contribution in [0.4, 0.5) is 27.6 Å². The number of amides is 1. The van der Waals surface area contributed by atoms with E-state index in [0.717, 1.165) is 6.92 Å². The summed E-state index contributed by atoms with van der Waals surface area (Å²) in [7, 11) is -3.15. The normalized spacial score (nSPS) is 16.3. The van der Waals surface area contributed by atoms with Crippen LogP contribution >= 0.6 is 0 Å². The molecule has 3 aromatic rings. The monoisotopic (exact) mass is 555 g/mol.